The van der Waals surface area contributed by atoms with Gasteiger partial charge in [-0.1, -0.05) is 13.8 Å². The maximum atomic E-state index is 14.5. The second kappa shape index (κ2) is 16.7. The van der Waals surface area contributed by atoms with Crippen molar-refractivity contribution in [2.45, 2.75) is 122 Å². The van der Waals surface area contributed by atoms with Crippen molar-refractivity contribution in [1.29, 1.82) is 0 Å². The molecule has 2 aromatic heterocycles. The van der Waals surface area contributed by atoms with Gasteiger partial charge in [0.05, 0.1) is 28.7 Å². The van der Waals surface area contributed by atoms with Crippen molar-refractivity contribution < 1.29 is 86.1 Å². The van der Waals surface area contributed by atoms with Crippen molar-refractivity contribution in [3.63, 3.8) is 0 Å². The van der Waals surface area contributed by atoms with Gasteiger partial charge in [-0.3, -0.25) is 38.7 Å². The van der Waals surface area contributed by atoms with E-state index in [1.54, 1.807) is 6.92 Å². The quantitative estimate of drug-likeness (QED) is 0.292. The third kappa shape index (κ3) is 7.41. The van der Waals surface area contributed by atoms with Crippen molar-refractivity contribution in [3.05, 3.63) is 59.7 Å². The van der Waals surface area contributed by atoms with Crippen LogP contribution in [-0.4, -0.2) is 129 Å². The van der Waals surface area contributed by atoms with Crippen molar-refractivity contribution in [1.82, 2.24) is 9.97 Å². The summed E-state index contributed by atoms with van der Waals surface area (Å²) in [5, 5.41) is 13.6. The van der Waals surface area contributed by atoms with E-state index in [2.05, 4.69) is 9.97 Å². The average molecular weight is 869 g/mol. The number of carbonyl (C=O) groups excluding carboxylic acids is 8. The Morgan fingerprint density at radius 1 is 0.774 bits per heavy atom. The van der Waals surface area contributed by atoms with E-state index in [1.165, 1.54) is 50.5 Å². The van der Waals surface area contributed by atoms with Crippen LogP contribution in [-0.2, 0) is 71.4 Å². The summed E-state index contributed by atoms with van der Waals surface area (Å²) in [6, 6.07) is 5.67. The summed E-state index contributed by atoms with van der Waals surface area (Å²) in [6.07, 6.45) is -8.37. The molecule has 1 saturated heterocycles. The Kier molecular flexibility index (Phi) is 12.2. The van der Waals surface area contributed by atoms with Gasteiger partial charge in [-0.05, 0) is 38.1 Å². The highest BCUT2D eigenvalue weighted by Gasteiger charge is 2.92. The Morgan fingerprint density at radius 2 is 1.37 bits per heavy atom. The molecule has 2 aromatic rings. The number of carbonyl (C=O) groups is 8. The zero-order valence-corrected chi connectivity index (χ0v) is 35.4. The molecule has 4 heterocycles. The fourth-order valence-electron chi connectivity index (χ4n) is 9.73. The minimum absolute atomic E-state index is 0.0579. The standard InChI is InChI=1S/C42H48N2O18/c1-19-20(2)36(50)61-33-31(56-22(4)46)35(59-25(7)49)41(18-54-21(3)45)34(58-24(6)48)30(60-37(51)26-12-10-14-43-16-26)28-32(57-23(5)47)42(41,40(33,9)53)62-39(28,8)17-55-38(52)27-13-11-15-44-29(19)27/h10-16,19-20,28,30-35,53H,17-18H2,1-9H3/t19-,20-,28-,30-,31+,32-,33-,34+,35+,39-,40-,41-,42+/m0/s1. The number of aromatic nitrogens is 2. The molecule has 2 saturated carbocycles. The number of fused-ring (bicyclic) bond motifs is 5. The van der Waals surface area contributed by atoms with Gasteiger partial charge >= 0.3 is 47.8 Å². The second-order valence-corrected chi connectivity index (χ2v) is 16.4. The summed E-state index contributed by atoms with van der Waals surface area (Å²) in [7, 11) is 0. The van der Waals surface area contributed by atoms with Crippen LogP contribution in [0.4, 0.5) is 0 Å². The van der Waals surface area contributed by atoms with Crippen LogP contribution in [0, 0.1) is 17.3 Å². The number of cyclic esters (lactones) is 1. The minimum Gasteiger partial charge on any atom is -0.465 e. The molecule has 62 heavy (non-hydrogen) atoms. The molecule has 4 aliphatic rings. The number of hydrogen-bond acceptors (Lipinski definition) is 20. The van der Waals surface area contributed by atoms with Gasteiger partial charge in [0.2, 0.25) is 0 Å². The molecule has 0 amide bonds. The minimum atomic E-state index is -2.86. The fourth-order valence-corrected chi connectivity index (χ4v) is 9.73. The molecule has 2 aliphatic carbocycles. The van der Waals surface area contributed by atoms with E-state index >= 15 is 0 Å². The number of hydrogen-bond donors (Lipinski definition) is 1. The highest BCUT2D eigenvalue weighted by atomic mass is 16.7. The summed E-state index contributed by atoms with van der Waals surface area (Å²) in [4.78, 5) is 118. The summed E-state index contributed by atoms with van der Waals surface area (Å²) in [5.41, 5.74) is -10.5. The number of ether oxygens (including phenoxy) is 9. The first-order chi connectivity index (χ1) is 29.0. The predicted molar refractivity (Wildman–Crippen MR) is 203 cm³/mol. The molecular formula is C42H48N2O18. The lowest BCUT2D eigenvalue weighted by atomic mass is 9.45. The SMILES string of the molecule is CC(=O)OC[C@@]12[C@H](OC(C)=O)[C@@H](OC(=O)c3cccnc3)[C@H]3[C@H](OC(C)=O)[C@]14O[C@@]3(C)COC(=O)c1cccnc1[C@@H](C)[C@H](C)C(=O)O[C@@H]([C@@H](OC(C)=O)[C@H]2OC(C)=O)[C@]4(C)O. The largest absolute Gasteiger partial charge is 0.465 e. The van der Waals surface area contributed by atoms with Crippen molar-refractivity contribution in [2.75, 3.05) is 13.2 Å². The summed E-state index contributed by atoms with van der Waals surface area (Å²) in [5.74, 6) is -12.0. The van der Waals surface area contributed by atoms with Crippen LogP contribution in [0.1, 0.15) is 94.6 Å². The van der Waals surface area contributed by atoms with E-state index in [0.717, 1.165) is 47.7 Å². The lowest BCUT2D eigenvalue weighted by molar-refractivity contribution is -0.386. The molecule has 13 atom stereocenters. The third-order valence-electron chi connectivity index (χ3n) is 12.3. The molecular weight excluding hydrogens is 820 g/mol. The van der Waals surface area contributed by atoms with Gasteiger partial charge in [-0.25, -0.2) is 9.59 Å². The lowest BCUT2D eigenvalue weighted by Crippen LogP contribution is -2.89. The van der Waals surface area contributed by atoms with Gasteiger partial charge in [0, 0.05) is 59.1 Å². The summed E-state index contributed by atoms with van der Waals surface area (Å²) < 4.78 is 55.3. The molecule has 4 bridgehead atoms. The van der Waals surface area contributed by atoms with Crippen molar-refractivity contribution in [3.8, 4) is 0 Å². The Balaban J connectivity index is 1.80. The first kappa shape index (κ1) is 45.5. The number of aliphatic hydroxyl groups is 1. The molecule has 20 heteroatoms. The van der Waals surface area contributed by atoms with Gasteiger partial charge < -0.3 is 47.7 Å². The van der Waals surface area contributed by atoms with Crippen LogP contribution in [0.25, 0.3) is 0 Å². The average Bonchev–Trinajstić information content (AvgIpc) is 3.42. The normalized spacial score (nSPS) is 36.0. The predicted octanol–water partition coefficient (Wildman–Crippen LogP) is 1.72. The zero-order valence-electron chi connectivity index (χ0n) is 35.4. The van der Waals surface area contributed by atoms with Crippen LogP contribution in [0.15, 0.2) is 42.9 Å². The van der Waals surface area contributed by atoms with Crippen LogP contribution in [0.3, 0.4) is 0 Å². The molecule has 20 nitrogen and oxygen atoms in total. The summed E-state index contributed by atoms with van der Waals surface area (Å²) >= 11 is 0. The van der Waals surface area contributed by atoms with E-state index in [1.807, 2.05) is 0 Å². The first-order valence-electron chi connectivity index (χ1n) is 19.7. The van der Waals surface area contributed by atoms with Gasteiger partial charge in [-0.15, -0.1) is 0 Å². The Bertz CT molecular complexity index is 2160. The maximum absolute atomic E-state index is 14.5. The Hall–Kier alpha value is -6.02. The van der Waals surface area contributed by atoms with Gasteiger partial charge in [0.15, 0.2) is 30.0 Å². The monoisotopic (exact) mass is 868 g/mol. The highest BCUT2D eigenvalue weighted by Crippen LogP contribution is 2.70. The second-order valence-electron chi connectivity index (χ2n) is 16.4. The highest BCUT2D eigenvalue weighted by molar-refractivity contribution is 5.91. The maximum Gasteiger partial charge on any atom is 0.340 e. The third-order valence-corrected chi connectivity index (χ3v) is 12.3. The zero-order chi connectivity index (χ0) is 45.7. The summed E-state index contributed by atoms with van der Waals surface area (Å²) in [6.45, 7) is 8.55. The van der Waals surface area contributed by atoms with Gasteiger partial charge in [0.1, 0.15) is 42.0 Å². The van der Waals surface area contributed by atoms with Gasteiger partial charge in [0.25, 0.3) is 0 Å². The molecule has 0 aromatic carbocycles. The molecule has 2 aliphatic heterocycles. The van der Waals surface area contributed by atoms with E-state index in [-0.39, 0.29) is 16.8 Å². The Labute approximate surface area is 355 Å². The smallest absolute Gasteiger partial charge is 0.340 e. The van der Waals surface area contributed by atoms with Crippen LogP contribution in [0.2, 0.25) is 0 Å². The van der Waals surface area contributed by atoms with E-state index in [9.17, 15) is 43.5 Å². The molecule has 1 N–H and O–H groups in total. The fraction of sp³-hybridized carbons (Fsp3) is 0.571. The number of rotatable bonds is 8. The topological polar surface area (TPSA) is 266 Å². The van der Waals surface area contributed by atoms with Crippen LogP contribution in [0.5, 0.6) is 0 Å². The van der Waals surface area contributed by atoms with Crippen molar-refractivity contribution >= 4 is 47.8 Å². The van der Waals surface area contributed by atoms with Crippen molar-refractivity contribution in [2.24, 2.45) is 17.3 Å². The van der Waals surface area contributed by atoms with Gasteiger partial charge in [-0.2, -0.15) is 0 Å². The molecule has 3 fully saturated rings. The van der Waals surface area contributed by atoms with E-state index < -0.39 is 138 Å². The number of pyridine rings is 2. The molecule has 0 unspecified atom stereocenters. The van der Waals surface area contributed by atoms with Crippen LogP contribution >= 0.6 is 0 Å². The first-order valence-corrected chi connectivity index (χ1v) is 19.7. The number of nitrogens with zero attached hydrogens (tertiary/aromatic N) is 2. The van der Waals surface area contributed by atoms with E-state index in [0.29, 0.717) is 0 Å². The van der Waals surface area contributed by atoms with Crippen LogP contribution < -0.4 is 0 Å². The molecule has 1 spiro atoms. The van der Waals surface area contributed by atoms with E-state index in [4.69, 9.17) is 42.6 Å². The molecule has 0 radical (unpaired) electrons. The number of esters is 8. The Morgan fingerprint density at radius 3 is 1.95 bits per heavy atom. The molecule has 6 rings (SSSR count). The molecule has 334 valence electrons. The lowest BCUT2D eigenvalue weighted by Gasteiger charge is -2.67.